The second-order valence-corrected chi connectivity index (χ2v) is 11.8. The summed E-state index contributed by atoms with van der Waals surface area (Å²) in [6.07, 6.45) is 0.271. The lowest BCUT2D eigenvalue weighted by atomic mass is 10.1. The molecule has 2 amide bonds. The van der Waals surface area contributed by atoms with Gasteiger partial charge >= 0.3 is 0 Å². The van der Waals surface area contributed by atoms with Crippen LogP contribution >= 0.6 is 23.2 Å². The fourth-order valence-electron chi connectivity index (χ4n) is 3.99. The molecule has 0 saturated carbocycles. The largest absolute Gasteiger partial charge is 0.352 e. The molecule has 3 aromatic carbocycles. The minimum absolute atomic E-state index is 0.0254. The molecule has 0 aromatic heterocycles. The van der Waals surface area contributed by atoms with Crippen molar-refractivity contribution >= 4 is 50.7 Å². The second-order valence-electron chi connectivity index (χ2n) is 9.16. The van der Waals surface area contributed by atoms with Crippen molar-refractivity contribution < 1.29 is 22.4 Å². The normalized spacial score (nSPS) is 12.2. The highest BCUT2D eigenvalue weighted by Gasteiger charge is 2.33. The summed E-state index contributed by atoms with van der Waals surface area (Å²) >= 11 is 12.3. The molecule has 11 heteroatoms. The van der Waals surface area contributed by atoms with Crippen LogP contribution in [-0.4, -0.2) is 43.8 Å². The van der Waals surface area contributed by atoms with Crippen LogP contribution in [0.2, 0.25) is 10.0 Å². The molecule has 1 unspecified atom stereocenters. The first-order chi connectivity index (χ1) is 18.4. The Kier molecular flexibility index (Phi) is 10.4. The molecular weight excluding hydrogens is 564 g/mol. The van der Waals surface area contributed by atoms with Crippen molar-refractivity contribution in [3.05, 3.63) is 94.2 Å². The second kappa shape index (κ2) is 13.3. The number of carbonyl (C=O) groups is 2. The number of halogens is 3. The van der Waals surface area contributed by atoms with E-state index in [1.165, 1.54) is 29.2 Å². The van der Waals surface area contributed by atoms with Crippen molar-refractivity contribution in [1.82, 2.24) is 10.2 Å². The maximum Gasteiger partial charge on any atom is 0.264 e. The number of carbonyl (C=O) groups excluding carboxylic acids is 2. The molecule has 1 atom stereocenters. The van der Waals surface area contributed by atoms with Crippen LogP contribution in [0.3, 0.4) is 0 Å². The average molecular weight is 595 g/mol. The predicted octanol–water partition coefficient (Wildman–Crippen LogP) is 5.66. The highest BCUT2D eigenvalue weighted by atomic mass is 35.5. The molecule has 7 nitrogen and oxygen atoms in total. The van der Waals surface area contributed by atoms with Crippen LogP contribution in [0.1, 0.15) is 32.8 Å². The van der Waals surface area contributed by atoms with Gasteiger partial charge in [-0.15, -0.1) is 0 Å². The van der Waals surface area contributed by atoms with Crippen molar-refractivity contribution in [2.45, 2.75) is 50.7 Å². The zero-order valence-electron chi connectivity index (χ0n) is 21.8. The molecule has 0 radical (unpaired) electrons. The molecule has 0 aliphatic carbocycles. The maximum atomic E-state index is 13.9. The summed E-state index contributed by atoms with van der Waals surface area (Å²) in [7, 11) is -4.23. The Bertz CT molecular complexity index is 1400. The summed E-state index contributed by atoms with van der Waals surface area (Å²) in [5.41, 5.74) is 0.704. The number of nitrogens with one attached hydrogen (secondary N) is 1. The standard InChI is InChI=1S/C28H30Cl2FN3O4S/c1-4-26(28(36)32-19(2)3)33(17-20-10-15-24(29)25(30)16-20)27(35)18-34(22-13-11-21(31)12-14-22)39(37,38)23-8-6-5-7-9-23/h5-16,19,26H,4,17-18H2,1-3H3,(H,32,36). The lowest BCUT2D eigenvalue weighted by Gasteiger charge is -2.33. The number of nitrogens with zero attached hydrogens (tertiary/aromatic N) is 2. The van der Waals surface area contributed by atoms with Crippen LogP contribution in [0.25, 0.3) is 0 Å². The van der Waals surface area contributed by atoms with Gasteiger partial charge in [0.1, 0.15) is 18.4 Å². The summed E-state index contributed by atoms with van der Waals surface area (Å²) < 4.78 is 42.0. The van der Waals surface area contributed by atoms with Crippen LogP contribution < -0.4 is 9.62 Å². The Morgan fingerprint density at radius 2 is 1.59 bits per heavy atom. The van der Waals surface area contributed by atoms with E-state index in [9.17, 15) is 22.4 Å². The number of sulfonamides is 1. The van der Waals surface area contributed by atoms with Crippen molar-refractivity contribution in [3.8, 4) is 0 Å². The predicted molar refractivity (Wildman–Crippen MR) is 152 cm³/mol. The topological polar surface area (TPSA) is 86.8 Å². The first-order valence-electron chi connectivity index (χ1n) is 12.3. The smallest absolute Gasteiger partial charge is 0.264 e. The number of hydrogen-bond donors (Lipinski definition) is 1. The molecule has 0 heterocycles. The minimum atomic E-state index is -4.23. The number of amides is 2. The highest BCUT2D eigenvalue weighted by molar-refractivity contribution is 7.92. The van der Waals surface area contributed by atoms with Gasteiger partial charge in [0.15, 0.2) is 0 Å². The van der Waals surface area contributed by atoms with Crippen molar-refractivity contribution in [2.75, 3.05) is 10.8 Å². The Morgan fingerprint density at radius 3 is 2.15 bits per heavy atom. The lowest BCUT2D eigenvalue weighted by Crippen LogP contribution is -2.53. The van der Waals surface area contributed by atoms with Gasteiger partial charge in [0.2, 0.25) is 11.8 Å². The Hall–Kier alpha value is -3.14. The first-order valence-corrected chi connectivity index (χ1v) is 14.5. The third-order valence-electron chi connectivity index (χ3n) is 5.88. The van der Waals surface area contributed by atoms with Gasteiger partial charge in [-0.25, -0.2) is 12.8 Å². The van der Waals surface area contributed by atoms with Crippen molar-refractivity contribution in [3.63, 3.8) is 0 Å². The Morgan fingerprint density at radius 1 is 0.949 bits per heavy atom. The van der Waals surface area contributed by atoms with E-state index >= 15 is 0 Å². The molecule has 0 bridgehead atoms. The first kappa shape index (κ1) is 30.4. The van der Waals surface area contributed by atoms with E-state index in [-0.39, 0.29) is 40.5 Å². The Labute approximate surface area is 238 Å². The quantitative estimate of drug-likeness (QED) is 0.311. The van der Waals surface area contributed by atoms with Gasteiger partial charge in [0.05, 0.1) is 20.6 Å². The van der Waals surface area contributed by atoms with Crippen LogP contribution in [-0.2, 0) is 26.2 Å². The fourth-order valence-corrected chi connectivity index (χ4v) is 5.75. The zero-order chi connectivity index (χ0) is 28.7. The van der Waals surface area contributed by atoms with Crippen LogP contribution in [0, 0.1) is 5.82 Å². The third kappa shape index (κ3) is 7.71. The van der Waals surface area contributed by atoms with Crippen LogP contribution in [0.15, 0.2) is 77.7 Å². The van der Waals surface area contributed by atoms with Crippen LogP contribution in [0.5, 0.6) is 0 Å². The Balaban J connectivity index is 2.06. The molecule has 0 fully saturated rings. The molecular formula is C28H30Cl2FN3O4S. The number of rotatable bonds is 11. The van der Waals surface area contributed by atoms with Crippen molar-refractivity contribution in [1.29, 1.82) is 0 Å². The number of benzene rings is 3. The van der Waals surface area contributed by atoms with E-state index in [2.05, 4.69) is 5.32 Å². The number of hydrogen-bond acceptors (Lipinski definition) is 4. The summed E-state index contributed by atoms with van der Waals surface area (Å²) in [5.74, 6) is -1.56. The van der Waals surface area contributed by atoms with E-state index in [1.807, 2.05) is 0 Å². The number of anilines is 1. The minimum Gasteiger partial charge on any atom is -0.352 e. The van der Waals surface area contributed by atoms with Gasteiger partial charge in [0.25, 0.3) is 10.0 Å². The fraction of sp³-hybridized carbons (Fsp3) is 0.286. The van der Waals surface area contributed by atoms with E-state index < -0.39 is 34.3 Å². The van der Waals surface area contributed by atoms with Crippen LogP contribution in [0.4, 0.5) is 10.1 Å². The highest BCUT2D eigenvalue weighted by Crippen LogP contribution is 2.27. The van der Waals surface area contributed by atoms with Crippen molar-refractivity contribution in [2.24, 2.45) is 0 Å². The van der Waals surface area contributed by atoms with Gasteiger partial charge in [-0.05, 0) is 74.4 Å². The molecule has 0 aliphatic rings. The molecule has 208 valence electrons. The van der Waals surface area contributed by atoms with E-state index in [1.54, 1.807) is 57.2 Å². The van der Waals surface area contributed by atoms with Gasteiger partial charge in [-0.3, -0.25) is 13.9 Å². The van der Waals surface area contributed by atoms with Gasteiger partial charge in [-0.1, -0.05) is 54.4 Å². The molecule has 3 rings (SSSR count). The summed E-state index contributed by atoms with van der Waals surface area (Å²) in [6.45, 7) is 4.72. The molecule has 0 saturated heterocycles. The third-order valence-corrected chi connectivity index (χ3v) is 8.41. The lowest BCUT2D eigenvalue weighted by molar-refractivity contribution is -0.140. The van der Waals surface area contributed by atoms with Gasteiger partial charge < -0.3 is 10.2 Å². The SMILES string of the molecule is CCC(C(=O)NC(C)C)N(Cc1ccc(Cl)c(Cl)c1)C(=O)CN(c1ccc(F)cc1)S(=O)(=O)c1ccccc1. The summed E-state index contributed by atoms with van der Waals surface area (Å²) in [6, 6.07) is 16.2. The maximum absolute atomic E-state index is 13.9. The molecule has 3 aromatic rings. The molecule has 0 aliphatic heterocycles. The average Bonchev–Trinajstić information content (AvgIpc) is 2.89. The monoisotopic (exact) mass is 593 g/mol. The van der Waals surface area contributed by atoms with Gasteiger partial charge in [-0.2, -0.15) is 0 Å². The summed E-state index contributed by atoms with van der Waals surface area (Å²) in [5, 5.41) is 3.44. The zero-order valence-corrected chi connectivity index (χ0v) is 24.1. The van der Waals surface area contributed by atoms with E-state index in [4.69, 9.17) is 23.2 Å². The summed E-state index contributed by atoms with van der Waals surface area (Å²) in [4.78, 5) is 28.3. The van der Waals surface area contributed by atoms with Gasteiger partial charge in [0, 0.05) is 12.6 Å². The molecule has 1 N–H and O–H groups in total. The van der Waals surface area contributed by atoms with E-state index in [0.29, 0.717) is 10.6 Å². The van der Waals surface area contributed by atoms with E-state index in [0.717, 1.165) is 16.4 Å². The molecule has 39 heavy (non-hydrogen) atoms. The molecule has 0 spiro atoms.